The van der Waals surface area contributed by atoms with Crippen LogP contribution in [0.25, 0.3) is 11.0 Å². The molecule has 0 saturated carbocycles. The SMILES string of the molecule is CC(C)(O[C@H]1O[C@H](CO)[C@@H](O)[C@H](O)[C@H]1O)[C@H]1Cc2c(ccc3ccc(=O)oc23)O1. The van der Waals surface area contributed by atoms with Crippen LogP contribution in [0.1, 0.15) is 19.4 Å². The van der Waals surface area contributed by atoms with Crippen LogP contribution in [0, 0.1) is 0 Å². The van der Waals surface area contributed by atoms with E-state index < -0.39 is 54.6 Å². The maximum absolute atomic E-state index is 11.6. The van der Waals surface area contributed by atoms with Crippen molar-refractivity contribution in [3.05, 3.63) is 40.2 Å². The fraction of sp³-hybridized carbons (Fsp3) is 0.550. The standard InChI is InChI=1S/C20H24O9/c1-20(2,29-19-17(25)16(24)15(23)12(8-21)27-19)13-7-10-11(26-13)5-3-9-4-6-14(22)28-18(9)10/h3-6,12-13,15-17,19,21,23-25H,7-8H2,1-2H3/t12-,13-,15-,16+,17-,19-/m1/s1. The highest BCUT2D eigenvalue weighted by atomic mass is 16.7. The maximum atomic E-state index is 11.6. The van der Waals surface area contributed by atoms with Crippen molar-refractivity contribution in [2.75, 3.05) is 6.61 Å². The molecule has 2 aromatic rings. The molecule has 0 unspecified atom stereocenters. The summed E-state index contributed by atoms with van der Waals surface area (Å²) < 4.78 is 22.7. The lowest BCUT2D eigenvalue weighted by Crippen LogP contribution is -2.61. The average Bonchev–Trinajstić information content (AvgIpc) is 3.14. The molecule has 4 N–H and O–H groups in total. The van der Waals surface area contributed by atoms with E-state index in [-0.39, 0.29) is 0 Å². The lowest BCUT2D eigenvalue weighted by atomic mass is 9.95. The fourth-order valence-corrected chi connectivity index (χ4v) is 3.78. The van der Waals surface area contributed by atoms with Crippen LogP contribution in [-0.2, 0) is 15.9 Å². The molecule has 158 valence electrons. The summed E-state index contributed by atoms with van der Waals surface area (Å²) in [6, 6.07) is 6.63. The number of hydrogen-bond donors (Lipinski definition) is 4. The molecule has 1 aromatic heterocycles. The summed E-state index contributed by atoms with van der Waals surface area (Å²) in [4.78, 5) is 11.6. The first-order chi connectivity index (χ1) is 13.7. The minimum Gasteiger partial charge on any atom is -0.487 e. The van der Waals surface area contributed by atoms with Crippen molar-refractivity contribution in [1.29, 1.82) is 0 Å². The van der Waals surface area contributed by atoms with Crippen LogP contribution < -0.4 is 10.4 Å². The number of benzene rings is 1. The Kier molecular flexibility index (Phi) is 5.14. The zero-order valence-electron chi connectivity index (χ0n) is 16.0. The van der Waals surface area contributed by atoms with E-state index in [1.54, 1.807) is 32.0 Å². The Morgan fingerprint density at radius 3 is 2.55 bits per heavy atom. The predicted octanol–water partition coefficient (Wildman–Crippen LogP) is -0.308. The molecule has 2 aliphatic heterocycles. The Balaban J connectivity index is 1.55. The van der Waals surface area contributed by atoms with Crippen LogP contribution in [0.5, 0.6) is 5.75 Å². The molecule has 1 saturated heterocycles. The number of aliphatic hydroxyl groups is 4. The first kappa shape index (κ1) is 20.3. The van der Waals surface area contributed by atoms with Gasteiger partial charge in [0.05, 0.1) is 6.61 Å². The van der Waals surface area contributed by atoms with E-state index in [2.05, 4.69) is 0 Å². The van der Waals surface area contributed by atoms with Crippen LogP contribution >= 0.6 is 0 Å². The summed E-state index contributed by atoms with van der Waals surface area (Å²) >= 11 is 0. The van der Waals surface area contributed by atoms with Gasteiger partial charge >= 0.3 is 5.63 Å². The van der Waals surface area contributed by atoms with E-state index in [0.29, 0.717) is 17.8 Å². The van der Waals surface area contributed by atoms with Crippen LogP contribution in [-0.4, -0.2) is 69.4 Å². The molecule has 0 spiro atoms. The molecule has 6 atom stereocenters. The van der Waals surface area contributed by atoms with Crippen LogP contribution in [0.3, 0.4) is 0 Å². The third-order valence-electron chi connectivity index (χ3n) is 5.55. The van der Waals surface area contributed by atoms with E-state index >= 15 is 0 Å². The summed E-state index contributed by atoms with van der Waals surface area (Å²) in [7, 11) is 0. The van der Waals surface area contributed by atoms with Crippen LogP contribution in [0.15, 0.2) is 33.5 Å². The van der Waals surface area contributed by atoms with Crippen molar-refractivity contribution >= 4 is 11.0 Å². The zero-order valence-corrected chi connectivity index (χ0v) is 16.0. The van der Waals surface area contributed by atoms with Crippen molar-refractivity contribution in [2.45, 2.75) is 62.7 Å². The second-order valence-electron chi connectivity index (χ2n) is 7.94. The Hall–Kier alpha value is -2.01. The molecule has 4 rings (SSSR count). The predicted molar refractivity (Wildman–Crippen MR) is 99.5 cm³/mol. The highest BCUT2D eigenvalue weighted by Gasteiger charge is 2.48. The van der Waals surface area contributed by atoms with Gasteiger partial charge in [-0.25, -0.2) is 4.79 Å². The van der Waals surface area contributed by atoms with Crippen molar-refractivity contribution in [1.82, 2.24) is 0 Å². The number of rotatable bonds is 4. The van der Waals surface area contributed by atoms with E-state index in [1.807, 2.05) is 0 Å². The van der Waals surface area contributed by atoms with Crippen molar-refractivity contribution in [3.8, 4) is 5.75 Å². The molecule has 29 heavy (non-hydrogen) atoms. The van der Waals surface area contributed by atoms with Crippen molar-refractivity contribution in [2.24, 2.45) is 0 Å². The smallest absolute Gasteiger partial charge is 0.336 e. The number of hydrogen-bond acceptors (Lipinski definition) is 9. The third-order valence-corrected chi connectivity index (χ3v) is 5.55. The first-order valence-electron chi connectivity index (χ1n) is 9.42. The van der Waals surface area contributed by atoms with Crippen molar-refractivity contribution < 1.29 is 39.1 Å². The monoisotopic (exact) mass is 408 g/mol. The minimum absolute atomic E-state index is 0.393. The normalized spacial score (nSPS) is 32.2. The van der Waals surface area contributed by atoms with Crippen LogP contribution in [0.4, 0.5) is 0 Å². The Morgan fingerprint density at radius 2 is 1.83 bits per heavy atom. The van der Waals surface area contributed by atoms with Gasteiger partial charge < -0.3 is 39.1 Å². The Bertz CT molecular complexity index is 951. The second kappa shape index (κ2) is 7.35. The fourth-order valence-electron chi connectivity index (χ4n) is 3.78. The lowest BCUT2D eigenvalue weighted by molar-refractivity contribution is -0.329. The van der Waals surface area contributed by atoms with E-state index in [1.165, 1.54) is 6.07 Å². The first-order valence-corrected chi connectivity index (χ1v) is 9.42. The highest BCUT2D eigenvalue weighted by Crippen LogP contribution is 2.39. The van der Waals surface area contributed by atoms with Gasteiger partial charge in [-0.2, -0.15) is 0 Å². The van der Waals surface area contributed by atoms with E-state index in [0.717, 1.165) is 10.9 Å². The van der Waals surface area contributed by atoms with Gasteiger partial charge in [0.15, 0.2) is 6.29 Å². The molecular weight excluding hydrogens is 384 g/mol. The molecular formula is C20H24O9. The van der Waals surface area contributed by atoms with Gasteiger partial charge in [-0.15, -0.1) is 0 Å². The topological polar surface area (TPSA) is 139 Å². The quantitative estimate of drug-likeness (QED) is 0.502. The molecule has 1 fully saturated rings. The Morgan fingerprint density at radius 1 is 1.10 bits per heavy atom. The Labute approximate surface area is 166 Å². The minimum atomic E-state index is -1.53. The van der Waals surface area contributed by atoms with Gasteiger partial charge in [0, 0.05) is 23.4 Å². The van der Waals surface area contributed by atoms with Gasteiger partial charge in [0.1, 0.15) is 47.5 Å². The van der Waals surface area contributed by atoms with Crippen LogP contribution in [0.2, 0.25) is 0 Å². The lowest BCUT2D eigenvalue weighted by Gasteiger charge is -2.43. The largest absolute Gasteiger partial charge is 0.487 e. The highest BCUT2D eigenvalue weighted by molar-refractivity contribution is 5.82. The van der Waals surface area contributed by atoms with Gasteiger partial charge in [-0.05, 0) is 32.0 Å². The molecule has 3 heterocycles. The maximum Gasteiger partial charge on any atom is 0.336 e. The molecule has 9 nitrogen and oxygen atoms in total. The van der Waals surface area contributed by atoms with Gasteiger partial charge in [0.2, 0.25) is 0 Å². The molecule has 0 bridgehead atoms. The third kappa shape index (κ3) is 3.54. The molecule has 0 aliphatic carbocycles. The molecule has 2 aliphatic rings. The van der Waals surface area contributed by atoms with Gasteiger partial charge in [0.25, 0.3) is 0 Å². The summed E-state index contributed by atoms with van der Waals surface area (Å²) in [5.74, 6) is 0.572. The second-order valence-corrected chi connectivity index (χ2v) is 7.94. The number of fused-ring (bicyclic) bond motifs is 3. The van der Waals surface area contributed by atoms with E-state index in [9.17, 15) is 25.2 Å². The summed E-state index contributed by atoms with van der Waals surface area (Å²) in [5, 5.41) is 40.2. The zero-order chi connectivity index (χ0) is 20.9. The number of ether oxygens (including phenoxy) is 3. The summed E-state index contributed by atoms with van der Waals surface area (Å²) in [6.07, 6.45) is -6.93. The summed E-state index contributed by atoms with van der Waals surface area (Å²) in [6.45, 7) is 2.94. The average molecular weight is 408 g/mol. The molecule has 0 radical (unpaired) electrons. The van der Waals surface area contributed by atoms with Gasteiger partial charge in [-0.3, -0.25) is 0 Å². The van der Waals surface area contributed by atoms with E-state index in [4.69, 9.17) is 18.6 Å². The molecule has 9 heteroatoms. The van der Waals surface area contributed by atoms with Crippen molar-refractivity contribution in [3.63, 3.8) is 0 Å². The number of aliphatic hydroxyl groups excluding tert-OH is 4. The van der Waals surface area contributed by atoms with Gasteiger partial charge in [-0.1, -0.05) is 0 Å². The molecule has 0 amide bonds. The summed E-state index contributed by atoms with van der Waals surface area (Å²) in [5.41, 5.74) is -0.239. The molecule has 1 aromatic carbocycles.